The molecule has 0 saturated carbocycles. The fourth-order valence-corrected chi connectivity index (χ4v) is 4.28. The largest absolute Gasteiger partial charge is 0.453 e. The lowest BCUT2D eigenvalue weighted by molar-refractivity contribution is 0.0479. The van der Waals surface area contributed by atoms with Gasteiger partial charge in [0.05, 0.1) is 12.2 Å². The zero-order valence-corrected chi connectivity index (χ0v) is 17.5. The molecule has 0 aliphatic heterocycles. The first kappa shape index (κ1) is 20.3. The van der Waals surface area contributed by atoms with Crippen molar-refractivity contribution in [1.82, 2.24) is 9.78 Å². The number of rotatable bonds is 6. The van der Waals surface area contributed by atoms with E-state index in [-0.39, 0.29) is 5.56 Å². The first-order valence-corrected chi connectivity index (χ1v) is 10.3. The van der Waals surface area contributed by atoms with Gasteiger partial charge in [0.1, 0.15) is 15.5 Å². The predicted molar refractivity (Wildman–Crippen MR) is 114 cm³/mol. The van der Waals surface area contributed by atoms with Gasteiger partial charge in [-0.25, -0.2) is 9.18 Å². The van der Waals surface area contributed by atoms with Crippen LogP contribution in [0.15, 0.2) is 54.6 Å². The third kappa shape index (κ3) is 4.13. The lowest BCUT2D eigenvalue weighted by Gasteiger charge is -2.05. The van der Waals surface area contributed by atoms with Crippen LogP contribution in [-0.4, -0.2) is 28.1 Å². The summed E-state index contributed by atoms with van der Waals surface area (Å²) < 4.78 is 19.9. The van der Waals surface area contributed by atoms with Crippen LogP contribution in [0.25, 0.3) is 10.2 Å². The van der Waals surface area contributed by atoms with Gasteiger partial charge in [0, 0.05) is 16.0 Å². The molecule has 0 N–H and O–H groups in total. The van der Waals surface area contributed by atoms with Crippen molar-refractivity contribution in [3.63, 3.8) is 0 Å². The van der Waals surface area contributed by atoms with Crippen LogP contribution in [0, 0.1) is 12.7 Å². The molecule has 0 aliphatic rings. The second kappa shape index (κ2) is 8.38. The molecule has 0 atom stereocenters. The van der Waals surface area contributed by atoms with Gasteiger partial charge >= 0.3 is 5.97 Å². The number of hydrogen-bond donors (Lipinski definition) is 0. The Bertz CT molecular complexity index is 1250. The molecule has 0 unspecified atom stereocenters. The van der Waals surface area contributed by atoms with E-state index in [4.69, 9.17) is 16.3 Å². The van der Waals surface area contributed by atoms with Crippen LogP contribution >= 0.6 is 22.9 Å². The zero-order valence-electron chi connectivity index (χ0n) is 15.9. The number of carbonyl (C=O) groups is 2. The highest BCUT2D eigenvalue weighted by Crippen LogP contribution is 2.30. The number of nitrogens with zero attached hydrogens (tertiary/aromatic N) is 2. The lowest BCUT2D eigenvalue weighted by Crippen LogP contribution is -2.13. The molecule has 5 nitrogen and oxygen atoms in total. The van der Waals surface area contributed by atoms with Crippen molar-refractivity contribution in [3.8, 4) is 0 Å². The number of aryl methyl sites for hydroxylation is 1. The van der Waals surface area contributed by atoms with Crippen molar-refractivity contribution in [2.24, 2.45) is 0 Å². The quantitative estimate of drug-likeness (QED) is 0.301. The van der Waals surface area contributed by atoms with Crippen molar-refractivity contribution in [3.05, 3.63) is 87.1 Å². The summed E-state index contributed by atoms with van der Waals surface area (Å²) in [6.07, 6.45) is 0. The molecule has 0 saturated heterocycles. The standard InChI is InChI=1S/C22H16ClFN2O3S/c1-13-17-10-20(22(28)29-12-19(27)14-6-8-16(24)9-7-14)30-21(17)26(25-13)11-15-4-2-3-5-18(15)23/h2-10H,11-12H2,1H3. The molecule has 0 spiro atoms. The number of thiophene rings is 1. The predicted octanol–water partition coefficient (Wildman–Crippen LogP) is 5.29. The van der Waals surface area contributed by atoms with E-state index in [1.807, 2.05) is 31.2 Å². The van der Waals surface area contributed by atoms with Gasteiger partial charge in [-0.1, -0.05) is 29.8 Å². The van der Waals surface area contributed by atoms with Crippen LogP contribution in [-0.2, 0) is 11.3 Å². The Morgan fingerprint density at radius 3 is 2.63 bits per heavy atom. The summed E-state index contributed by atoms with van der Waals surface area (Å²) in [5.41, 5.74) is 1.99. The number of hydrogen-bond acceptors (Lipinski definition) is 5. The maximum absolute atomic E-state index is 13.0. The summed E-state index contributed by atoms with van der Waals surface area (Å²) in [4.78, 5) is 25.8. The molecule has 4 rings (SSSR count). The van der Waals surface area contributed by atoms with E-state index < -0.39 is 24.2 Å². The molecule has 2 aromatic heterocycles. The number of ether oxygens (including phenoxy) is 1. The van der Waals surface area contributed by atoms with Crippen LogP contribution in [0.2, 0.25) is 5.02 Å². The molecule has 0 fully saturated rings. The Labute approximate surface area is 180 Å². The lowest BCUT2D eigenvalue weighted by atomic mass is 10.1. The van der Waals surface area contributed by atoms with Crippen molar-refractivity contribution in [1.29, 1.82) is 0 Å². The number of carbonyl (C=O) groups excluding carboxylic acids is 2. The second-order valence-corrected chi connectivity index (χ2v) is 8.11. The van der Waals surface area contributed by atoms with Crippen LogP contribution in [0.3, 0.4) is 0 Å². The van der Waals surface area contributed by atoms with E-state index in [9.17, 15) is 14.0 Å². The Balaban J connectivity index is 1.50. The third-order valence-electron chi connectivity index (χ3n) is 4.59. The van der Waals surface area contributed by atoms with E-state index in [0.717, 1.165) is 21.5 Å². The number of esters is 1. The summed E-state index contributed by atoms with van der Waals surface area (Å²) in [6.45, 7) is 1.93. The maximum Gasteiger partial charge on any atom is 0.348 e. The van der Waals surface area contributed by atoms with Crippen molar-refractivity contribution >= 4 is 44.9 Å². The Morgan fingerprint density at radius 2 is 1.90 bits per heavy atom. The molecule has 8 heteroatoms. The minimum Gasteiger partial charge on any atom is -0.453 e. The van der Waals surface area contributed by atoms with Crippen LogP contribution in [0.4, 0.5) is 4.39 Å². The minimum atomic E-state index is -0.588. The van der Waals surface area contributed by atoms with Crippen LogP contribution in [0.5, 0.6) is 0 Å². The first-order valence-electron chi connectivity index (χ1n) is 9.08. The van der Waals surface area contributed by atoms with Gasteiger partial charge < -0.3 is 4.74 Å². The van der Waals surface area contributed by atoms with Crippen molar-refractivity contribution < 1.29 is 18.7 Å². The highest BCUT2D eigenvalue weighted by molar-refractivity contribution is 7.20. The Kier molecular flexibility index (Phi) is 5.65. The van der Waals surface area contributed by atoms with Crippen LogP contribution < -0.4 is 0 Å². The average molecular weight is 443 g/mol. The van der Waals surface area contributed by atoms with Gasteiger partial charge in [0.25, 0.3) is 0 Å². The molecule has 0 aliphatic carbocycles. The normalized spacial score (nSPS) is 11.0. The van der Waals surface area contributed by atoms with E-state index in [1.54, 1.807) is 10.7 Å². The maximum atomic E-state index is 13.0. The van der Waals surface area contributed by atoms with E-state index in [1.165, 1.54) is 35.6 Å². The van der Waals surface area contributed by atoms with E-state index >= 15 is 0 Å². The summed E-state index contributed by atoms with van der Waals surface area (Å²) in [5, 5.41) is 6.04. The van der Waals surface area contributed by atoms with Gasteiger partial charge in [-0.05, 0) is 48.9 Å². The molecule has 2 aromatic carbocycles. The molecule has 30 heavy (non-hydrogen) atoms. The topological polar surface area (TPSA) is 61.2 Å². The number of Topliss-reactive ketones (excluding diaryl/α,β-unsaturated/α-hetero) is 1. The highest BCUT2D eigenvalue weighted by atomic mass is 35.5. The van der Waals surface area contributed by atoms with Crippen molar-refractivity contribution in [2.75, 3.05) is 6.61 Å². The van der Waals surface area contributed by atoms with Gasteiger partial charge in [-0.3, -0.25) is 9.48 Å². The zero-order chi connectivity index (χ0) is 21.3. The summed E-state index contributed by atoms with van der Waals surface area (Å²) in [6, 6.07) is 14.3. The smallest absolute Gasteiger partial charge is 0.348 e. The molecule has 2 heterocycles. The molecule has 152 valence electrons. The van der Waals surface area contributed by atoms with E-state index in [0.29, 0.717) is 16.4 Å². The fraction of sp³-hybridized carbons (Fsp3) is 0.136. The Morgan fingerprint density at radius 1 is 1.17 bits per heavy atom. The fourth-order valence-electron chi connectivity index (χ4n) is 3.03. The third-order valence-corrected chi connectivity index (χ3v) is 6.08. The van der Waals surface area contributed by atoms with Gasteiger partial charge in [0.15, 0.2) is 12.4 Å². The van der Waals surface area contributed by atoms with E-state index in [2.05, 4.69) is 5.10 Å². The van der Waals surface area contributed by atoms with Gasteiger partial charge in [-0.2, -0.15) is 5.10 Å². The number of benzene rings is 2. The molecular formula is C22H16ClFN2O3S. The SMILES string of the molecule is Cc1nn(Cc2ccccc2Cl)c2sc(C(=O)OCC(=O)c3ccc(F)cc3)cc12. The molecular weight excluding hydrogens is 427 g/mol. The summed E-state index contributed by atoms with van der Waals surface area (Å²) in [7, 11) is 0. The Hall–Kier alpha value is -3.03. The molecule has 0 bridgehead atoms. The number of halogens is 2. The average Bonchev–Trinajstić information content (AvgIpc) is 3.29. The van der Waals surface area contributed by atoms with Gasteiger partial charge in [-0.15, -0.1) is 11.3 Å². The monoisotopic (exact) mass is 442 g/mol. The number of aromatic nitrogens is 2. The summed E-state index contributed by atoms with van der Waals surface area (Å²) >= 11 is 7.50. The molecule has 0 radical (unpaired) electrons. The number of fused-ring (bicyclic) bond motifs is 1. The number of ketones is 1. The second-order valence-electron chi connectivity index (χ2n) is 6.67. The van der Waals surface area contributed by atoms with Crippen LogP contribution in [0.1, 0.15) is 31.3 Å². The first-order chi connectivity index (χ1) is 14.4. The highest BCUT2D eigenvalue weighted by Gasteiger charge is 2.19. The molecule has 4 aromatic rings. The minimum absolute atomic E-state index is 0.284. The van der Waals surface area contributed by atoms with Gasteiger partial charge in [0.2, 0.25) is 0 Å². The summed E-state index contributed by atoms with van der Waals surface area (Å²) in [5.74, 6) is -1.42. The van der Waals surface area contributed by atoms with Crippen molar-refractivity contribution in [2.45, 2.75) is 13.5 Å². The molecule has 0 amide bonds.